The molecule has 1 aromatic heterocycles. The van der Waals surface area contributed by atoms with E-state index in [2.05, 4.69) is 36.5 Å². The van der Waals surface area contributed by atoms with E-state index in [1.807, 2.05) is 48.5 Å². The molecule has 3 aromatic rings. The van der Waals surface area contributed by atoms with Crippen molar-refractivity contribution < 1.29 is 9.32 Å². The fourth-order valence-corrected chi connectivity index (χ4v) is 2.51. The second-order valence-electron chi connectivity index (χ2n) is 6.38. The summed E-state index contributed by atoms with van der Waals surface area (Å²) in [7, 11) is 0. The Balaban J connectivity index is 1.67. The summed E-state index contributed by atoms with van der Waals surface area (Å²) in [5.74, 6) is -0.0357. The van der Waals surface area contributed by atoms with Gasteiger partial charge in [-0.3, -0.25) is 4.79 Å². The summed E-state index contributed by atoms with van der Waals surface area (Å²) in [6, 6.07) is 21.4. The zero-order chi connectivity index (χ0) is 17.0. The molecule has 1 amide bonds. The lowest BCUT2D eigenvalue weighted by atomic mass is 9.84. The lowest BCUT2D eigenvalue weighted by Crippen LogP contribution is -2.36. The number of hydrogen-bond donors (Lipinski definition) is 1. The number of amides is 1. The number of hydrogen-bond acceptors (Lipinski definition) is 3. The third kappa shape index (κ3) is 3.54. The first-order valence-electron chi connectivity index (χ1n) is 7.92. The van der Waals surface area contributed by atoms with E-state index in [1.54, 1.807) is 6.07 Å². The van der Waals surface area contributed by atoms with Gasteiger partial charge >= 0.3 is 0 Å². The molecule has 0 radical (unpaired) electrons. The van der Waals surface area contributed by atoms with Gasteiger partial charge in [-0.25, -0.2) is 0 Å². The standard InChI is InChI=1S/C20H20N2O2/c1-20(2,16-11-7-4-8-12-16)14-21-19(23)18-13-17(22-24-18)15-9-5-3-6-10-15/h3-13H,14H2,1-2H3,(H,21,23). The highest BCUT2D eigenvalue weighted by atomic mass is 16.5. The molecule has 4 heteroatoms. The van der Waals surface area contributed by atoms with Crippen LogP contribution in [-0.4, -0.2) is 17.6 Å². The van der Waals surface area contributed by atoms with Crippen LogP contribution in [0.1, 0.15) is 30.0 Å². The normalized spacial score (nSPS) is 11.2. The Kier molecular flexibility index (Phi) is 4.47. The van der Waals surface area contributed by atoms with E-state index >= 15 is 0 Å². The van der Waals surface area contributed by atoms with Crippen LogP contribution >= 0.6 is 0 Å². The van der Waals surface area contributed by atoms with Crippen molar-refractivity contribution in [2.24, 2.45) is 0 Å². The Bertz CT molecular complexity index is 808. The second kappa shape index (κ2) is 6.71. The Morgan fingerprint density at radius 3 is 2.33 bits per heavy atom. The van der Waals surface area contributed by atoms with Crippen molar-refractivity contribution in [1.82, 2.24) is 10.5 Å². The van der Waals surface area contributed by atoms with E-state index in [1.165, 1.54) is 5.56 Å². The zero-order valence-electron chi connectivity index (χ0n) is 13.8. The fourth-order valence-electron chi connectivity index (χ4n) is 2.51. The van der Waals surface area contributed by atoms with E-state index in [4.69, 9.17) is 4.52 Å². The first kappa shape index (κ1) is 16.0. The van der Waals surface area contributed by atoms with Crippen LogP contribution in [0.15, 0.2) is 71.3 Å². The highest BCUT2D eigenvalue weighted by molar-refractivity contribution is 5.92. The van der Waals surface area contributed by atoms with Gasteiger partial charge in [0.1, 0.15) is 5.69 Å². The van der Waals surface area contributed by atoms with Gasteiger partial charge in [-0.2, -0.15) is 0 Å². The van der Waals surface area contributed by atoms with E-state index in [0.717, 1.165) is 5.56 Å². The Morgan fingerprint density at radius 1 is 1.04 bits per heavy atom. The molecule has 0 saturated carbocycles. The Labute approximate surface area is 141 Å². The van der Waals surface area contributed by atoms with Crippen LogP contribution in [0.2, 0.25) is 0 Å². The molecule has 1 heterocycles. The van der Waals surface area contributed by atoms with Crippen molar-refractivity contribution in [2.45, 2.75) is 19.3 Å². The molecule has 0 saturated heterocycles. The molecular weight excluding hydrogens is 300 g/mol. The van der Waals surface area contributed by atoms with Gasteiger partial charge in [-0.15, -0.1) is 0 Å². The lowest BCUT2D eigenvalue weighted by Gasteiger charge is -2.25. The smallest absolute Gasteiger partial charge is 0.289 e. The molecule has 1 N–H and O–H groups in total. The number of rotatable bonds is 5. The largest absolute Gasteiger partial charge is 0.350 e. The summed E-state index contributed by atoms with van der Waals surface area (Å²) >= 11 is 0. The molecule has 0 atom stereocenters. The predicted octanol–water partition coefficient (Wildman–Crippen LogP) is 4.05. The maximum absolute atomic E-state index is 12.3. The monoisotopic (exact) mass is 320 g/mol. The van der Waals surface area contributed by atoms with Crippen molar-refractivity contribution in [2.75, 3.05) is 6.54 Å². The van der Waals surface area contributed by atoms with E-state index < -0.39 is 0 Å². The van der Waals surface area contributed by atoms with Crippen LogP contribution in [0, 0.1) is 0 Å². The number of nitrogens with zero attached hydrogens (tertiary/aromatic N) is 1. The number of carbonyl (C=O) groups excluding carboxylic acids is 1. The van der Waals surface area contributed by atoms with Gasteiger partial charge in [0.15, 0.2) is 0 Å². The molecule has 0 aliphatic rings. The maximum atomic E-state index is 12.3. The van der Waals surface area contributed by atoms with E-state index in [0.29, 0.717) is 12.2 Å². The molecule has 3 rings (SSSR count). The zero-order valence-corrected chi connectivity index (χ0v) is 13.8. The Hall–Kier alpha value is -2.88. The summed E-state index contributed by atoms with van der Waals surface area (Å²) in [4.78, 5) is 12.3. The minimum atomic E-state index is -0.256. The minimum absolute atomic E-state index is 0.167. The average Bonchev–Trinajstić information content (AvgIpc) is 3.11. The van der Waals surface area contributed by atoms with Gasteiger partial charge in [0, 0.05) is 23.6 Å². The van der Waals surface area contributed by atoms with E-state index in [9.17, 15) is 4.79 Å². The second-order valence-corrected chi connectivity index (χ2v) is 6.38. The van der Waals surface area contributed by atoms with Crippen LogP contribution in [-0.2, 0) is 5.41 Å². The van der Waals surface area contributed by atoms with Crippen molar-refractivity contribution in [3.8, 4) is 11.3 Å². The molecule has 0 aliphatic heterocycles. The third-order valence-corrected chi connectivity index (χ3v) is 4.05. The van der Waals surface area contributed by atoms with Crippen LogP contribution in [0.4, 0.5) is 0 Å². The van der Waals surface area contributed by atoms with Gasteiger partial charge in [0.05, 0.1) is 0 Å². The highest BCUT2D eigenvalue weighted by Gasteiger charge is 2.22. The summed E-state index contributed by atoms with van der Waals surface area (Å²) in [5, 5.41) is 6.90. The minimum Gasteiger partial charge on any atom is -0.350 e. The summed E-state index contributed by atoms with van der Waals surface area (Å²) in [6.07, 6.45) is 0. The molecule has 4 nitrogen and oxygen atoms in total. The van der Waals surface area contributed by atoms with Crippen LogP contribution in [0.25, 0.3) is 11.3 Å². The molecule has 0 unspecified atom stereocenters. The average molecular weight is 320 g/mol. The van der Waals surface area contributed by atoms with Crippen molar-refractivity contribution in [1.29, 1.82) is 0 Å². The van der Waals surface area contributed by atoms with Gasteiger partial charge in [0.25, 0.3) is 5.91 Å². The molecule has 0 spiro atoms. The molecular formula is C20H20N2O2. The molecule has 24 heavy (non-hydrogen) atoms. The summed E-state index contributed by atoms with van der Waals surface area (Å²) in [5.41, 5.74) is 2.58. The maximum Gasteiger partial charge on any atom is 0.289 e. The third-order valence-electron chi connectivity index (χ3n) is 4.05. The van der Waals surface area contributed by atoms with Gasteiger partial charge in [-0.1, -0.05) is 79.7 Å². The molecule has 0 fully saturated rings. The van der Waals surface area contributed by atoms with Crippen molar-refractivity contribution >= 4 is 5.91 Å². The number of nitrogens with one attached hydrogen (secondary N) is 1. The quantitative estimate of drug-likeness (QED) is 0.771. The topological polar surface area (TPSA) is 55.1 Å². The van der Waals surface area contributed by atoms with Crippen LogP contribution in [0.5, 0.6) is 0 Å². The van der Waals surface area contributed by atoms with E-state index in [-0.39, 0.29) is 17.1 Å². The SMILES string of the molecule is CC(C)(CNC(=O)c1cc(-c2ccccc2)no1)c1ccccc1. The van der Waals surface area contributed by atoms with Gasteiger partial charge in [0.2, 0.25) is 5.76 Å². The lowest BCUT2D eigenvalue weighted by molar-refractivity contribution is 0.0909. The highest BCUT2D eigenvalue weighted by Crippen LogP contribution is 2.22. The van der Waals surface area contributed by atoms with Crippen molar-refractivity contribution in [3.63, 3.8) is 0 Å². The predicted molar refractivity (Wildman–Crippen MR) is 93.7 cm³/mol. The molecule has 122 valence electrons. The van der Waals surface area contributed by atoms with Crippen LogP contribution in [0.3, 0.4) is 0 Å². The van der Waals surface area contributed by atoms with Gasteiger partial charge < -0.3 is 9.84 Å². The van der Waals surface area contributed by atoms with Crippen molar-refractivity contribution in [3.05, 3.63) is 78.1 Å². The first-order valence-corrected chi connectivity index (χ1v) is 7.92. The summed E-state index contributed by atoms with van der Waals surface area (Å²) in [6.45, 7) is 4.70. The van der Waals surface area contributed by atoms with Crippen LogP contribution < -0.4 is 5.32 Å². The summed E-state index contributed by atoms with van der Waals surface area (Å²) < 4.78 is 5.19. The van der Waals surface area contributed by atoms with Gasteiger partial charge in [-0.05, 0) is 5.56 Å². The molecule has 0 bridgehead atoms. The molecule has 2 aromatic carbocycles. The Morgan fingerprint density at radius 2 is 1.67 bits per heavy atom. The first-order chi connectivity index (χ1) is 11.6. The fraction of sp³-hybridized carbons (Fsp3) is 0.200. The molecule has 0 aliphatic carbocycles. The number of benzene rings is 2. The number of carbonyl (C=O) groups is 1. The number of aromatic nitrogens is 1.